The summed E-state index contributed by atoms with van der Waals surface area (Å²) in [5.74, 6) is -1.50. The maximum Gasteiger partial charge on any atom is 0.193 e. The molecular weight excluding hydrogens is 593 g/mol. The van der Waals surface area contributed by atoms with Crippen LogP contribution in [0.25, 0.3) is 0 Å². The highest BCUT2D eigenvalue weighted by molar-refractivity contribution is 6.01. The zero-order valence-electron chi connectivity index (χ0n) is 26.2. The van der Waals surface area contributed by atoms with E-state index < -0.39 is 53.1 Å². The van der Waals surface area contributed by atoms with Crippen LogP contribution in [-0.4, -0.2) is 53.3 Å². The minimum atomic E-state index is -1.63. The second-order valence-corrected chi connectivity index (χ2v) is 13.9. The van der Waals surface area contributed by atoms with Crippen molar-refractivity contribution in [2.24, 2.45) is 28.6 Å². The van der Waals surface area contributed by atoms with Crippen molar-refractivity contribution in [2.75, 3.05) is 19.5 Å². The van der Waals surface area contributed by atoms with Gasteiger partial charge >= 0.3 is 0 Å². The smallest absolute Gasteiger partial charge is 0.193 e. The molecule has 5 aliphatic rings. The van der Waals surface area contributed by atoms with Crippen molar-refractivity contribution >= 4 is 17.3 Å². The van der Waals surface area contributed by atoms with Gasteiger partial charge < -0.3 is 34.9 Å². The second-order valence-electron chi connectivity index (χ2n) is 13.9. The van der Waals surface area contributed by atoms with Gasteiger partial charge in [-0.3, -0.25) is 9.59 Å². The van der Waals surface area contributed by atoms with Gasteiger partial charge in [0.1, 0.15) is 19.0 Å². The van der Waals surface area contributed by atoms with Crippen molar-refractivity contribution in [2.45, 2.75) is 70.2 Å². The molecule has 4 fully saturated rings. The second kappa shape index (κ2) is 11.0. The number of aliphatic hydroxyl groups excluding tert-OH is 2. The highest BCUT2D eigenvalue weighted by Gasteiger charge is 2.76. The van der Waals surface area contributed by atoms with Crippen molar-refractivity contribution in [3.63, 3.8) is 0 Å². The minimum Gasteiger partial charge on any atom is -0.496 e. The number of benzene rings is 2. The maximum atomic E-state index is 16.3. The molecule has 4 aliphatic carbocycles. The summed E-state index contributed by atoms with van der Waals surface area (Å²) in [4.78, 5) is 26.1. The number of ether oxygens (including phenoxy) is 4. The Morgan fingerprint density at radius 2 is 1.98 bits per heavy atom. The van der Waals surface area contributed by atoms with Gasteiger partial charge in [0.2, 0.25) is 0 Å². The van der Waals surface area contributed by atoms with Crippen LogP contribution in [-0.2, 0) is 25.7 Å². The van der Waals surface area contributed by atoms with Crippen LogP contribution in [0.1, 0.15) is 56.9 Å². The molecule has 3 saturated carbocycles. The molecule has 7 rings (SSSR count). The van der Waals surface area contributed by atoms with Crippen LogP contribution in [0.15, 0.2) is 60.2 Å². The summed E-state index contributed by atoms with van der Waals surface area (Å²) in [5, 5.41) is 22.2. The summed E-state index contributed by atoms with van der Waals surface area (Å²) in [5.41, 5.74) is 5.13. The van der Waals surface area contributed by atoms with E-state index in [1.165, 1.54) is 13.2 Å². The average Bonchev–Trinajstić information content (AvgIpc) is 3.52. The lowest BCUT2D eigenvalue weighted by molar-refractivity contribution is -0.201. The van der Waals surface area contributed by atoms with Crippen molar-refractivity contribution in [1.82, 2.24) is 0 Å². The number of fused-ring (bicyclic) bond motifs is 7. The molecule has 1 aliphatic heterocycles. The molecule has 1 saturated heterocycles. The fourth-order valence-electron chi connectivity index (χ4n) is 9.72. The fourth-order valence-corrected chi connectivity index (χ4v) is 9.72. The van der Waals surface area contributed by atoms with E-state index in [0.717, 1.165) is 17.6 Å². The first-order valence-corrected chi connectivity index (χ1v) is 15.9. The van der Waals surface area contributed by atoms with Gasteiger partial charge in [-0.1, -0.05) is 37.6 Å². The predicted octanol–water partition coefficient (Wildman–Crippen LogP) is 4.60. The minimum absolute atomic E-state index is 0.00314. The first-order valence-electron chi connectivity index (χ1n) is 15.9. The SMILES string of the molecule is COc1ccc(OCc2cccc(N)c2)c(F)c1[C@@H]1O[C@@H]2CC3[C@@H]4CCC5=CC(=O)C=C[C@]5(C)C4[C@@H](O)C[C@]3(C)[C@]2(C(=O)CO)O1. The van der Waals surface area contributed by atoms with E-state index in [2.05, 4.69) is 6.92 Å². The van der Waals surface area contributed by atoms with Gasteiger partial charge in [-0.25, -0.2) is 4.39 Å². The van der Waals surface area contributed by atoms with Gasteiger partial charge in [-0.05, 0) is 79.5 Å². The van der Waals surface area contributed by atoms with Crippen LogP contribution in [0.4, 0.5) is 10.1 Å². The zero-order valence-corrected chi connectivity index (χ0v) is 26.2. The first-order chi connectivity index (χ1) is 22.0. The van der Waals surface area contributed by atoms with Crippen molar-refractivity contribution in [3.8, 4) is 11.5 Å². The lowest BCUT2D eigenvalue weighted by Crippen LogP contribution is -2.63. The number of carbonyl (C=O) groups excluding carboxylic acids is 2. The van der Waals surface area contributed by atoms with Gasteiger partial charge in [0.15, 0.2) is 35.0 Å². The molecule has 0 bridgehead atoms. The molecule has 0 radical (unpaired) electrons. The van der Waals surface area contributed by atoms with Crippen molar-refractivity contribution in [3.05, 3.63) is 77.1 Å². The molecule has 2 aromatic rings. The topological polar surface area (TPSA) is 138 Å². The number of allylic oxidation sites excluding steroid dienone is 4. The fraction of sp³-hybridized carbons (Fsp3) is 0.500. The summed E-state index contributed by atoms with van der Waals surface area (Å²) >= 11 is 0. The van der Waals surface area contributed by atoms with E-state index in [0.29, 0.717) is 18.5 Å². The third kappa shape index (κ3) is 4.33. The Morgan fingerprint density at radius 3 is 2.72 bits per heavy atom. The maximum absolute atomic E-state index is 16.3. The van der Waals surface area contributed by atoms with Crippen molar-refractivity contribution in [1.29, 1.82) is 0 Å². The predicted molar refractivity (Wildman–Crippen MR) is 165 cm³/mol. The summed E-state index contributed by atoms with van der Waals surface area (Å²) in [6, 6.07) is 10.1. The Balaban J connectivity index is 1.23. The zero-order chi connectivity index (χ0) is 32.6. The first kappa shape index (κ1) is 31.1. The van der Waals surface area contributed by atoms with Gasteiger partial charge in [0, 0.05) is 22.4 Å². The van der Waals surface area contributed by atoms with Crippen LogP contribution < -0.4 is 15.2 Å². The quantitative estimate of drug-likeness (QED) is 0.374. The third-order valence-corrected chi connectivity index (χ3v) is 11.7. The summed E-state index contributed by atoms with van der Waals surface area (Å²) in [7, 11) is 1.41. The highest BCUT2D eigenvalue weighted by atomic mass is 19.1. The number of ketones is 2. The van der Waals surface area contributed by atoms with E-state index in [-0.39, 0.29) is 53.6 Å². The van der Waals surface area contributed by atoms with Crippen LogP contribution >= 0.6 is 0 Å². The van der Waals surface area contributed by atoms with E-state index in [1.807, 2.05) is 19.1 Å². The molecule has 1 heterocycles. The Labute approximate surface area is 267 Å². The third-order valence-electron chi connectivity index (χ3n) is 11.7. The number of nitrogens with two attached hydrogens (primary N) is 1. The number of anilines is 1. The number of carbonyl (C=O) groups is 2. The average molecular weight is 634 g/mol. The van der Waals surface area contributed by atoms with Crippen LogP contribution in [0.2, 0.25) is 0 Å². The van der Waals surface area contributed by atoms with E-state index in [4.69, 9.17) is 24.7 Å². The monoisotopic (exact) mass is 633 g/mol. The number of hydrogen-bond donors (Lipinski definition) is 3. The summed E-state index contributed by atoms with van der Waals surface area (Å²) in [6.07, 6.45) is 4.34. The number of halogens is 1. The van der Waals surface area contributed by atoms with Crippen LogP contribution in [0, 0.1) is 34.4 Å². The molecule has 4 N–H and O–H groups in total. The highest BCUT2D eigenvalue weighted by Crippen LogP contribution is 2.70. The molecule has 0 spiro atoms. The van der Waals surface area contributed by atoms with E-state index in [9.17, 15) is 19.8 Å². The Hall–Kier alpha value is -3.57. The van der Waals surface area contributed by atoms with E-state index in [1.54, 1.807) is 36.4 Å². The lowest BCUT2D eigenvalue weighted by Gasteiger charge is -2.59. The molecule has 0 aromatic heterocycles. The molecule has 244 valence electrons. The Morgan fingerprint density at radius 1 is 1.20 bits per heavy atom. The number of rotatable bonds is 7. The normalized spacial score (nSPS) is 37.5. The Bertz CT molecular complexity index is 1660. The summed E-state index contributed by atoms with van der Waals surface area (Å²) in [6.45, 7) is 3.28. The van der Waals surface area contributed by atoms with E-state index >= 15 is 4.39 Å². The number of Topliss-reactive ketones (excluding diaryl/α,β-unsaturated/α-hetero) is 1. The molecule has 2 aromatic carbocycles. The standard InChI is InChI=1S/C36H40FNO8/c1-34-12-11-22(40)14-20(34)7-8-23-24-15-29-36(28(42)17-39,35(24,2)16-25(41)31(23)34)46-33(45-29)30-26(43-3)9-10-27(32(30)37)44-18-19-5-4-6-21(38)13-19/h4-6,9-14,23-25,29,31,33,39,41H,7-8,15-18,38H2,1-3H3/t23-,24?,25-,29+,31?,33+,34-,35-,36+/m0/s1. The number of hydrogen-bond acceptors (Lipinski definition) is 9. The van der Waals surface area contributed by atoms with Gasteiger partial charge in [0.05, 0.1) is 24.9 Å². The summed E-state index contributed by atoms with van der Waals surface area (Å²) < 4.78 is 40.7. The number of methoxy groups -OCH3 is 1. The molecule has 9 atom stereocenters. The van der Waals surface area contributed by atoms with Crippen LogP contribution in [0.3, 0.4) is 0 Å². The molecule has 46 heavy (non-hydrogen) atoms. The van der Waals surface area contributed by atoms with Gasteiger partial charge in [0.25, 0.3) is 0 Å². The van der Waals surface area contributed by atoms with Gasteiger partial charge in [-0.15, -0.1) is 0 Å². The molecule has 9 nitrogen and oxygen atoms in total. The largest absolute Gasteiger partial charge is 0.496 e. The number of nitrogen functional groups attached to an aromatic ring is 1. The number of aliphatic hydroxyl groups is 2. The van der Waals surface area contributed by atoms with Gasteiger partial charge in [-0.2, -0.15) is 0 Å². The van der Waals surface area contributed by atoms with Crippen LogP contribution in [0.5, 0.6) is 11.5 Å². The molecule has 2 unspecified atom stereocenters. The molecular formula is C36H40FNO8. The Kier molecular flexibility index (Phi) is 7.43. The lowest BCUT2D eigenvalue weighted by atomic mass is 9.46. The molecule has 0 amide bonds. The molecule has 10 heteroatoms. The van der Waals surface area contributed by atoms with Crippen molar-refractivity contribution < 1.29 is 43.1 Å².